The highest BCUT2D eigenvalue weighted by Crippen LogP contribution is 1.94. The van der Waals surface area contributed by atoms with E-state index in [0.29, 0.717) is 12.2 Å². The number of hydrogen-bond acceptors (Lipinski definition) is 5. The Bertz CT molecular complexity index is 308. The van der Waals surface area contributed by atoms with Crippen LogP contribution in [0.15, 0.2) is 6.20 Å². The van der Waals surface area contributed by atoms with Crippen molar-refractivity contribution >= 4 is 5.97 Å². The van der Waals surface area contributed by atoms with Gasteiger partial charge in [0.05, 0.1) is 18.0 Å². The predicted octanol–water partition coefficient (Wildman–Crippen LogP) is -0.312. The van der Waals surface area contributed by atoms with Crippen LogP contribution < -0.4 is 5.73 Å². The zero-order chi connectivity index (χ0) is 10.6. The van der Waals surface area contributed by atoms with E-state index in [1.54, 1.807) is 20.0 Å². The van der Waals surface area contributed by atoms with Gasteiger partial charge in [0.15, 0.2) is 0 Å². The molecule has 1 heterocycles. The lowest BCUT2D eigenvalue weighted by atomic mass is 10.5. The summed E-state index contributed by atoms with van der Waals surface area (Å²) in [7, 11) is 0. The number of carbonyl (C=O) groups is 1. The molecular weight excluding hydrogens is 184 g/mol. The zero-order valence-electron chi connectivity index (χ0n) is 8.30. The standard InChI is InChI=1S/C8H14N4O2/c1-6(2)14-8(13)5-12-4-7(3-9)10-11-12/h4,6H,3,5,9H2,1-2H3. The van der Waals surface area contributed by atoms with Crippen LogP contribution in [-0.2, 0) is 22.6 Å². The maximum absolute atomic E-state index is 11.2. The largest absolute Gasteiger partial charge is 0.462 e. The fraction of sp³-hybridized carbons (Fsp3) is 0.625. The van der Waals surface area contributed by atoms with Crippen molar-refractivity contribution in [3.63, 3.8) is 0 Å². The van der Waals surface area contributed by atoms with Gasteiger partial charge in [0.1, 0.15) is 6.54 Å². The van der Waals surface area contributed by atoms with Crippen LogP contribution in [0, 0.1) is 0 Å². The van der Waals surface area contributed by atoms with E-state index in [-0.39, 0.29) is 18.6 Å². The number of nitrogens with zero attached hydrogens (tertiary/aromatic N) is 3. The molecule has 0 saturated carbocycles. The molecule has 1 aromatic rings. The van der Waals surface area contributed by atoms with E-state index in [1.807, 2.05) is 0 Å². The summed E-state index contributed by atoms with van der Waals surface area (Å²) < 4.78 is 6.35. The predicted molar refractivity (Wildman–Crippen MR) is 49.1 cm³/mol. The molecule has 0 amide bonds. The summed E-state index contributed by atoms with van der Waals surface area (Å²) in [4.78, 5) is 11.2. The quantitative estimate of drug-likeness (QED) is 0.671. The van der Waals surface area contributed by atoms with Gasteiger partial charge in [0.25, 0.3) is 0 Å². The van der Waals surface area contributed by atoms with Crippen molar-refractivity contribution < 1.29 is 9.53 Å². The molecule has 78 valence electrons. The average molecular weight is 198 g/mol. The topological polar surface area (TPSA) is 83.0 Å². The first-order chi connectivity index (χ1) is 6.61. The van der Waals surface area contributed by atoms with Crippen LogP contribution in [-0.4, -0.2) is 27.1 Å². The molecular formula is C8H14N4O2. The molecule has 0 saturated heterocycles. The van der Waals surface area contributed by atoms with Crippen LogP contribution in [0.3, 0.4) is 0 Å². The van der Waals surface area contributed by atoms with Gasteiger partial charge in [0.2, 0.25) is 0 Å². The molecule has 0 atom stereocenters. The minimum atomic E-state index is -0.325. The van der Waals surface area contributed by atoms with Gasteiger partial charge < -0.3 is 10.5 Å². The minimum Gasteiger partial charge on any atom is -0.462 e. The molecule has 0 bridgehead atoms. The zero-order valence-corrected chi connectivity index (χ0v) is 8.30. The van der Waals surface area contributed by atoms with E-state index in [4.69, 9.17) is 10.5 Å². The molecule has 1 rings (SSSR count). The summed E-state index contributed by atoms with van der Waals surface area (Å²) in [6, 6.07) is 0. The molecule has 0 unspecified atom stereocenters. The first-order valence-corrected chi connectivity index (χ1v) is 4.40. The minimum absolute atomic E-state index is 0.0746. The summed E-state index contributed by atoms with van der Waals surface area (Å²) in [5, 5.41) is 7.47. The SMILES string of the molecule is CC(C)OC(=O)Cn1cc(CN)nn1. The molecule has 0 aliphatic heterocycles. The Kier molecular flexibility index (Phi) is 3.58. The van der Waals surface area contributed by atoms with E-state index in [2.05, 4.69) is 10.3 Å². The van der Waals surface area contributed by atoms with Gasteiger partial charge in [-0.15, -0.1) is 5.10 Å². The van der Waals surface area contributed by atoms with E-state index in [0.717, 1.165) is 0 Å². The number of esters is 1. The Balaban J connectivity index is 2.47. The third-order valence-electron chi connectivity index (χ3n) is 1.45. The van der Waals surface area contributed by atoms with Crippen LogP contribution in [0.5, 0.6) is 0 Å². The lowest BCUT2D eigenvalue weighted by Crippen LogP contribution is -2.17. The number of rotatable bonds is 4. The van der Waals surface area contributed by atoms with Crippen molar-refractivity contribution in [2.24, 2.45) is 5.73 Å². The molecule has 0 aromatic carbocycles. The first kappa shape index (κ1) is 10.6. The van der Waals surface area contributed by atoms with Crippen LogP contribution in [0.1, 0.15) is 19.5 Å². The summed E-state index contributed by atoms with van der Waals surface area (Å²) >= 11 is 0. The molecule has 2 N–H and O–H groups in total. The second-order valence-corrected chi connectivity index (χ2v) is 3.15. The highest BCUT2D eigenvalue weighted by Gasteiger charge is 2.07. The number of ether oxygens (including phenoxy) is 1. The van der Waals surface area contributed by atoms with Gasteiger partial charge in [-0.2, -0.15) is 0 Å². The van der Waals surface area contributed by atoms with Crippen molar-refractivity contribution in [1.82, 2.24) is 15.0 Å². The Morgan fingerprint density at radius 2 is 2.43 bits per heavy atom. The van der Waals surface area contributed by atoms with Crippen molar-refractivity contribution in [3.8, 4) is 0 Å². The monoisotopic (exact) mass is 198 g/mol. The fourth-order valence-electron chi connectivity index (χ4n) is 0.942. The van der Waals surface area contributed by atoms with Gasteiger partial charge in [0, 0.05) is 6.54 Å². The van der Waals surface area contributed by atoms with Crippen molar-refractivity contribution in [3.05, 3.63) is 11.9 Å². The Morgan fingerprint density at radius 3 is 2.93 bits per heavy atom. The second kappa shape index (κ2) is 4.71. The third-order valence-corrected chi connectivity index (χ3v) is 1.45. The normalized spacial score (nSPS) is 10.6. The molecule has 0 radical (unpaired) electrons. The summed E-state index contributed by atoms with van der Waals surface area (Å²) in [6.07, 6.45) is 1.52. The number of nitrogens with two attached hydrogens (primary N) is 1. The van der Waals surface area contributed by atoms with Gasteiger partial charge >= 0.3 is 5.97 Å². The number of carbonyl (C=O) groups excluding carboxylic acids is 1. The van der Waals surface area contributed by atoms with E-state index in [1.165, 1.54) is 4.68 Å². The summed E-state index contributed by atoms with van der Waals surface area (Å²) in [5.41, 5.74) is 6.00. The smallest absolute Gasteiger partial charge is 0.328 e. The van der Waals surface area contributed by atoms with Gasteiger partial charge in [-0.1, -0.05) is 5.21 Å². The average Bonchev–Trinajstić information content (AvgIpc) is 2.50. The van der Waals surface area contributed by atoms with Crippen molar-refractivity contribution in [2.45, 2.75) is 33.0 Å². The summed E-state index contributed by atoms with van der Waals surface area (Å²) in [5.74, 6) is -0.325. The number of aromatic nitrogens is 3. The molecule has 0 fully saturated rings. The van der Waals surface area contributed by atoms with Gasteiger partial charge in [-0.3, -0.25) is 4.79 Å². The molecule has 6 nitrogen and oxygen atoms in total. The molecule has 0 aliphatic rings. The molecule has 6 heteroatoms. The van der Waals surface area contributed by atoms with Crippen molar-refractivity contribution in [1.29, 1.82) is 0 Å². The Labute approximate surface area is 82.0 Å². The fourth-order valence-corrected chi connectivity index (χ4v) is 0.942. The highest BCUT2D eigenvalue weighted by atomic mass is 16.5. The molecule has 14 heavy (non-hydrogen) atoms. The third kappa shape index (κ3) is 3.14. The van der Waals surface area contributed by atoms with Gasteiger partial charge in [-0.05, 0) is 13.8 Å². The van der Waals surface area contributed by atoms with Crippen LogP contribution in [0.25, 0.3) is 0 Å². The second-order valence-electron chi connectivity index (χ2n) is 3.15. The van der Waals surface area contributed by atoms with Crippen LogP contribution >= 0.6 is 0 Å². The first-order valence-electron chi connectivity index (χ1n) is 4.40. The molecule has 0 aliphatic carbocycles. The maximum Gasteiger partial charge on any atom is 0.328 e. The lowest BCUT2D eigenvalue weighted by molar-refractivity contribution is -0.148. The van der Waals surface area contributed by atoms with Crippen molar-refractivity contribution in [2.75, 3.05) is 0 Å². The van der Waals surface area contributed by atoms with Gasteiger partial charge in [-0.25, -0.2) is 4.68 Å². The van der Waals surface area contributed by atoms with E-state index in [9.17, 15) is 4.79 Å². The maximum atomic E-state index is 11.2. The highest BCUT2D eigenvalue weighted by molar-refractivity contribution is 5.69. The Hall–Kier alpha value is -1.43. The number of hydrogen-bond donors (Lipinski definition) is 1. The van der Waals surface area contributed by atoms with E-state index < -0.39 is 0 Å². The molecule has 1 aromatic heterocycles. The summed E-state index contributed by atoms with van der Waals surface area (Å²) in [6.45, 7) is 3.99. The molecule has 0 spiro atoms. The van der Waals surface area contributed by atoms with Crippen LogP contribution in [0.4, 0.5) is 0 Å². The lowest BCUT2D eigenvalue weighted by Gasteiger charge is -2.06. The Morgan fingerprint density at radius 1 is 1.71 bits per heavy atom. The van der Waals surface area contributed by atoms with E-state index >= 15 is 0 Å². The van der Waals surface area contributed by atoms with Crippen LogP contribution in [0.2, 0.25) is 0 Å².